The summed E-state index contributed by atoms with van der Waals surface area (Å²) in [7, 11) is 0. The average molecular weight is 242 g/mol. The van der Waals surface area contributed by atoms with Crippen LogP contribution in [0.25, 0.3) is 5.65 Å². The van der Waals surface area contributed by atoms with Crippen molar-refractivity contribution in [2.24, 2.45) is 0 Å². The van der Waals surface area contributed by atoms with E-state index in [2.05, 4.69) is 31.0 Å². The normalized spacial score (nSPS) is 10.5. The molecule has 2 rings (SSSR count). The molecule has 0 aliphatic heterocycles. The van der Waals surface area contributed by atoms with E-state index in [0.717, 1.165) is 0 Å². The second kappa shape index (κ2) is 2.77. The Labute approximate surface area is 80.9 Å². The van der Waals surface area contributed by atoms with Gasteiger partial charge in [0, 0.05) is 0 Å². The Bertz CT molecular complexity index is 479. The van der Waals surface area contributed by atoms with E-state index in [4.69, 9.17) is 5.73 Å². The van der Waals surface area contributed by atoms with Gasteiger partial charge in [0.1, 0.15) is 4.60 Å². The molecule has 2 aromatic heterocycles. The third-order valence-corrected chi connectivity index (χ3v) is 2.01. The number of nitrogens with two attached hydrogens (primary N) is 1. The summed E-state index contributed by atoms with van der Waals surface area (Å²) in [6, 6.07) is 0. The van der Waals surface area contributed by atoms with Crippen LogP contribution in [0, 0.1) is 0 Å². The number of rotatable bonds is 1. The second-order valence-corrected chi connectivity index (χ2v) is 3.10. The van der Waals surface area contributed by atoms with Gasteiger partial charge in [0.15, 0.2) is 17.8 Å². The van der Waals surface area contributed by atoms with Gasteiger partial charge in [0.25, 0.3) is 0 Å². The number of fused-ring (bicyclic) bond motifs is 1. The van der Waals surface area contributed by atoms with Crippen molar-refractivity contribution >= 4 is 33.7 Å². The number of hydrogen-bond donors (Lipinski definition) is 1. The minimum absolute atomic E-state index is 0.0312. The molecule has 13 heavy (non-hydrogen) atoms. The van der Waals surface area contributed by atoms with E-state index in [0.29, 0.717) is 16.5 Å². The minimum atomic E-state index is 0.0312. The molecule has 0 radical (unpaired) electrons. The number of carbonyl (C=O) groups is 1. The molecule has 6 nitrogen and oxygen atoms in total. The lowest BCUT2D eigenvalue weighted by Crippen LogP contribution is -2.05. The van der Waals surface area contributed by atoms with Crippen LogP contribution in [0.5, 0.6) is 0 Å². The summed E-state index contributed by atoms with van der Waals surface area (Å²) in [5, 5.41) is 3.86. The standard InChI is InChI=1S/C6H4BrN5O/c7-3-1-9-6-5(8)10-4(2-13)11-12(3)6/h1-2H,(H2,8,10,11). The molecule has 0 saturated heterocycles. The quantitative estimate of drug-likeness (QED) is 0.726. The molecule has 0 saturated carbocycles. The fourth-order valence-electron chi connectivity index (χ4n) is 0.943. The molecule has 0 aliphatic rings. The van der Waals surface area contributed by atoms with Crippen molar-refractivity contribution < 1.29 is 4.79 Å². The highest BCUT2D eigenvalue weighted by Gasteiger charge is 2.07. The zero-order chi connectivity index (χ0) is 9.42. The van der Waals surface area contributed by atoms with Gasteiger partial charge in [-0.25, -0.2) is 14.5 Å². The third kappa shape index (κ3) is 1.17. The van der Waals surface area contributed by atoms with Crippen LogP contribution < -0.4 is 5.73 Å². The number of carbonyl (C=O) groups excluding carboxylic acids is 1. The van der Waals surface area contributed by atoms with Crippen molar-refractivity contribution in [1.82, 2.24) is 19.6 Å². The van der Waals surface area contributed by atoms with Crippen LogP contribution in [0.2, 0.25) is 0 Å². The Balaban J connectivity index is 2.87. The smallest absolute Gasteiger partial charge is 0.215 e. The molecule has 66 valence electrons. The highest BCUT2D eigenvalue weighted by molar-refractivity contribution is 9.10. The molecule has 0 unspecified atom stereocenters. The first-order chi connectivity index (χ1) is 6.22. The lowest BCUT2D eigenvalue weighted by molar-refractivity contribution is 0.111. The van der Waals surface area contributed by atoms with Gasteiger partial charge in [0.2, 0.25) is 5.82 Å². The van der Waals surface area contributed by atoms with Crippen LogP contribution in [-0.4, -0.2) is 25.9 Å². The number of hydrogen-bond acceptors (Lipinski definition) is 5. The van der Waals surface area contributed by atoms with Crippen molar-refractivity contribution in [1.29, 1.82) is 0 Å². The molecule has 0 aromatic carbocycles. The molecular weight excluding hydrogens is 238 g/mol. The van der Waals surface area contributed by atoms with Crippen LogP contribution >= 0.6 is 15.9 Å². The van der Waals surface area contributed by atoms with E-state index in [1.165, 1.54) is 10.7 Å². The zero-order valence-corrected chi connectivity index (χ0v) is 7.89. The molecule has 2 N–H and O–H groups in total. The Morgan fingerprint density at radius 1 is 1.62 bits per heavy atom. The first-order valence-electron chi connectivity index (χ1n) is 3.34. The Hall–Kier alpha value is -1.50. The van der Waals surface area contributed by atoms with Crippen molar-refractivity contribution in [2.45, 2.75) is 0 Å². The average Bonchev–Trinajstić information content (AvgIpc) is 2.48. The van der Waals surface area contributed by atoms with Gasteiger partial charge < -0.3 is 5.73 Å². The predicted molar refractivity (Wildman–Crippen MR) is 48.3 cm³/mol. The maximum absolute atomic E-state index is 10.4. The Morgan fingerprint density at radius 2 is 2.38 bits per heavy atom. The number of aldehydes is 1. The molecule has 0 amide bonds. The Kier molecular flexibility index (Phi) is 1.73. The number of aromatic nitrogens is 4. The number of imidazole rings is 1. The number of anilines is 1. The van der Waals surface area contributed by atoms with Gasteiger partial charge in [-0.15, -0.1) is 5.10 Å². The van der Waals surface area contributed by atoms with Gasteiger partial charge in [-0.2, -0.15) is 0 Å². The molecule has 0 atom stereocenters. The topological polar surface area (TPSA) is 86.2 Å². The molecule has 0 spiro atoms. The third-order valence-electron chi connectivity index (χ3n) is 1.47. The molecule has 2 aromatic rings. The number of halogens is 1. The van der Waals surface area contributed by atoms with Crippen molar-refractivity contribution in [2.75, 3.05) is 5.73 Å². The summed E-state index contributed by atoms with van der Waals surface area (Å²) in [6.45, 7) is 0. The van der Waals surface area contributed by atoms with Gasteiger partial charge in [-0.05, 0) is 15.9 Å². The molecule has 0 bridgehead atoms. The summed E-state index contributed by atoms with van der Waals surface area (Å²) in [4.78, 5) is 18.1. The van der Waals surface area contributed by atoms with Gasteiger partial charge in [0.05, 0.1) is 6.20 Å². The van der Waals surface area contributed by atoms with E-state index in [9.17, 15) is 4.79 Å². The van der Waals surface area contributed by atoms with Crippen LogP contribution in [0.3, 0.4) is 0 Å². The first kappa shape index (κ1) is 8.11. The lowest BCUT2D eigenvalue weighted by Gasteiger charge is -1.97. The van der Waals surface area contributed by atoms with Crippen LogP contribution in [0.15, 0.2) is 10.8 Å². The van der Waals surface area contributed by atoms with Gasteiger partial charge in [-0.3, -0.25) is 4.79 Å². The van der Waals surface area contributed by atoms with E-state index < -0.39 is 0 Å². The van der Waals surface area contributed by atoms with Crippen molar-refractivity contribution in [3.8, 4) is 0 Å². The minimum Gasteiger partial charge on any atom is -0.380 e. The van der Waals surface area contributed by atoms with E-state index in [1.807, 2.05) is 0 Å². The van der Waals surface area contributed by atoms with Crippen LogP contribution in [0.4, 0.5) is 5.82 Å². The SMILES string of the molecule is Nc1nc(C=O)nn2c(Br)cnc12. The lowest BCUT2D eigenvalue weighted by atomic mass is 10.6. The molecule has 2 heterocycles. The fourth-order valence-corrected chi connectivity index (χ4v) is 1.29. The first-order valence-corrected chi connectivity index (χ1v) is 4.13. The highest BCUT2D eigenvalue weighted by atomic mass is 79.9. The van der Waals surface area contributed by atoms with E-state index in [-0.39, 0.29) is 11.6 Å². The van der Waals surface area contributed by atoms with E-state index in [1.54, 1.807) is 0 Å². The van der Waals surface area contributed by atoms with Gasteiger partial charge in [-0.1, -0.05) is 0 Å². The molecule has 0 fully saturated rings. The molecule has 7 heteroatoms. The second-order valence-electron chi connectivity index (χ2n) is 2.29. The summed E-state index contributed by atoms with van der Waals surface area (Å²) >= 11 is 3.20. The molecule has 0 aliphatic carbocycles. The Morgan fingerprint density at radius 3 is 3.08 bits per heavy atom. The van der Waals surface area contributed by atoms with Gasteiger partial charge >= 0.3 is 0 Å². The van der Waals surface area contributed by atoms with E-state index >= 15 is 0 Å². The predicted octanol–water partition coefficient (Wildman–Crippen LogP) is 0.281. The summed E-state index contributed by atoms with van der Waals surface area (Å²) in [5.74, 6) is 0.214. The summed E-state index contributed by atoms with van der Waals surface area (Å²) < 4.78 is 2.03. The van der Waals surface area contributed by atoms with Crippen LogP contribution in [-0.2, 0) is 0 Å². The highest BCUT2D eigenvalue weighted by Crippen LogP contribution is 2.14. The zero-order valence-electron chi connectivity index (χ0n) is 6.31. The summed E-state index contributed by atoms with van der Waals surface area (Å²) in [5.41, 5.74) is 5.96. The number of nitrogen functional groups attached to an aromatic ring is 1. The van der Waals surface area contributed by atoms with Crippen molar-refractivity contribution in [3.05, 3.63) is 16.6 Å². The largest absolute Gasteiger partial charge is 0.380 e. The van der Waals surface area contributed by atoms with Crippen molar-refractivity contribution in [3.63, 3.8) is 0 Å². The maximum atomic E-state index is 10.4. The maximum Gasteiger partial charge on any atom is 0.215 e. The summed E-state index contributed by atoms with van der Waals surface area (Å²) in [6.07, 6.45) is 2.07. The number of nitrogens with zero attached hydrogens (tertiary/aromatic N) is 4. The monoisotopic (exact) mass is 241 g/mol. The molecular formula is C6H4BrN5O. The van der Waals surface area contributed by atoms with Crippen LogP contribution in [0.1, 0.15) is 10.6 Å². The fraction of sp³-hybridized carbons (Fsp3) is 0.